The van der Waals surface area contributed by atoms with Crippen molar-refractivity contribution >= 4 is 5.97 Å². The summed E-state index contributed by atoms with van der Waals surface area (Å²) in [6.45, 7) is 6.81. The summed E-state index contributed by atoms with van der Waals surface area (Å²) in [6.07, 6.45) is 6.86. The van der Waals surface area contributed by atoms with Crippen molar-refractivity contribution in [1.29, 1.82) is 0 Å². The van der Waals surface area contributed by atoms with Crippen LogP contribution in [0.5, 0.6) is 0 Å². The molecule has 1 aliphatic heterocycles. The minimum absolute atomic E-state index is 0.357. The predicted molar refractivity (Wildman–Crippen MR) is 72.5 cm³/mol. The minimum Gasteiger partial charge on any atom is -0.481 e. The van der Waals surface area contributed by atoms with Crippen LogP contribution in [0.15, 0.2) is 0 Å². The van der Waals surface area contributed by atoms with Crippen LogP contribution in [0.1, 0.15) is 52.4 Å². The molecule has 0 radical (unpaired) electrons. The average Bonchev–Trinajstić information content (AvgIpc) is 2.76. The molecule has 1 aliphatic carbocycles. The van der Waals surface area contributed by atoms with Crippen LogP contribution >= 0.6 is 0 Å². The molecule has 1 saturated carbocycles. The SMILES string of the molecule is CC(C)C1CCCCC1N1CCC(CC(=O)O)C1. The fourth-order valence-corrected chi connectivity index (χ4v) is 3.95. The Balaban J connectivity index is 1.92. The number of rotatable bonds is 4. The Labute approximate surface area is 111 Å². The van der Waals surface area contributed by atoms with Crippen molar-refractivity contribution in [1.82, 2.24) is 4.90 Å². The number of carbonyl (C=O) groups is 1. The van der Waals surface area contributed by atoms with Crippen molar-refractivity contribution in [2.24, 2.45) is 17.8 Å². The van der Waals surface area contributed by atoms with Crippen LogP contribution in [0, 0.1) is 17.8 Å². The van der Waals surface area contributed by atoms with Crippen molar-refractivity contribution in [2.45, 2.75) is 58.4 Å². The zero-order chi connectivity index (χ0) is 13.1. The van der Waals surface area contributed by atoms with E-state index < -0.39 is 5.97 Å². The van der Waals surface area contributed by atoms with E-state index in [0.717, 1.165) is 37.4 Å². The van der Waals surface area contributed by atoms with Crippen LogP contribution in [0.25, 0.3) is 0 Å². The molecule has 3 atom stereocenters. The van der Waals surface area contributed by atoms with Gasteiger partial charge in [-0.25, -0.2) is 0 Å². The van der Waals surface area contributed by atoms with E-state index in [1.807, 2.05) is 0 Å². The van der Waals surface area contributed by atoms with E-state index in [0.29, 0.717) is 12.3 Å². The molecule has 2 aliphatic rings. The van der Waals surface area contributed by atoms with Crippen molar-refractivity contribution in [3.63, 3.8) is 0 Å². The lowest BCUT2D eigenvalue weighted by Gasteiger charge is -2.40. The van der Waals surface area contributed by atoms with Crippen molar-refractivity contribution in [3.8, 4) is 0 Å². The van der Waals surface area contributed by atoms with Gasteiger partial charge in [0, 0.05) is 19.0 Å². The second-order valence-corrected chi connectivity index (χ2v) is 6.51. The van der Waals surface area contributed by atoms with E-state index in [1.54, 1.807) is 0 Å². The summed E-state index contributed by atoms with van der Waals surface area (Å²) in [5.41, 5.74) is 0. The van der Waals surface area contributed by atoms with E-state index in [-0.39, 0.29) is 0 Å². The van der Waals surface area contributed by atoms with Crippen LogP contribution in [-0.2, 0) is 4.79 Å². The van der Waals surface area contributed by atoms with Crippen LogP contribution in [0.2, 0.25) is 0 Å². The molecular weight excluding hydrogens is 226 g/mol. The van der Waals surface area contributed by atoms with Crippen LogP contribution in [-0.4, -0.2) is 35.1 Å². The predicted octanol–water partition coefficient (Wildman–Crippen LogP) is 3.00. The van der Waals surface area contributed by atoms with Gasteiger partial charge in [0.25, 0.3) is 0 Å². The third kappa shape index (κ3) is 3.25. The quantitative estimate of drug-likeness (QED) is 0.837. The van der Waals surface area contributed by atoms with Gasteiger partial charge in [0.2, 0.25) is 0 Å². The highest BCUT2D eigenvalue weighted by Crippen LogP contribution is 2.36. The van der Waals surface area contributed by atoms with Gasteiger partial charge in [0.05, 0.1) is 0 Å². The molecule has 1 N–H and O–H groups in total. The van der Waals surface area contributed by atoms with Gasteiger partial charge in [-0.3, -0.25) is 9.69 Å². The second-order valence-electron chi connectivity index (χ2n) is 6.51. The third-order valence-electron chi connectivity index (χ3n) is 4.89. The fraction of sp³-hybridized carbons (Fsp3) is 0.933. The number of hydrogen-bond donors (Lipinski definition) is 1. The first-order valence-electron chi connectivity index (χ1n) is 7.53. The van der Waals surface area contributed by atoms with Gasteiger partial charge in [-0.1, -0.05) is 26.7 Å². The molecule has 3 unspecified atom stereocenters. The number of carboxylic acids is 1. The lowest BCUT2D eigenvalue weighted by molar-refractivity contribution is -0.138. The molecule has 3 nitrogen and oxygen atoms in total. The molecular formula is C15H27NO2. The number of likely N-dealkylation sites (tertiary alicyclic amines) is 1. The van der Waals surface area contributed by atoms with Gasteiger partial charge < -0.3 is 5.11 Å². The third-order valence-corrected chi connectivity index (χ3v) is 4.89. The van der Waals surface area contributed by atoms with Gasteiger partial charge in [-0.15, -0.1) is 0 Å². The molecule has 0 spiro atoms. The lowest BCUT2D eigenvalue weighted by atomic mass is 9.77. The summed E-state index contributed by atoms with van der Waals surface area (Å²) in [6, 6.07) is 0.720. The van der Waals surface area contributed by atoms with Gasteiger partial charge in [-0.05, 0) is 43.6 Å². The largest absolute Gasteiger partial charge is 0.481 e. The standard InChI is InChI=1S/C15H27NO2/c1-11(2)13-5-3-4-6-14(13)16-8-7-12(10-16)9-15(17)18/h11-14H,3-10H2,1-2H3,(H,17,18). The zero-order valence-corrected chi connectivity index (χ0v) is 11.8. The second kappa shape index (κ2) is 6.05. The maximum Gasteiger partial charge on any atom is 0.303 e. The van der Waals surface area contributed by atoms with Gasteiger partial charge in [-0.2, -0.15) is 0 Å². The van der Waals surface area contributed by atoms with E-state index in [2.05, 4.69) is 18.7 Å². The van der Waals surface area contributed by atoms with E-state index in [4.69, 9.17) is 5.11 Å². The molecule has 0 aromatic heterocycles. The summed E-state index contributed by atoms with van der Waals surface area (Å²) >= 11 is 0. The monoisotopic (exact) mass is 253 g/mol. The first-order chi connectivity index (χ1) is 8.58. The van der Waals surface area contributed by atoms with Gasteiger partial charge in [0.1, 0.15) is 0 Å². The normalized spacial score (nSPS) is 34.1. The summed E-state index contributed by atoms with van der Waals surface area (Å²) in [7, 11) is 0. The van der Waals surface area contributed by atoms with Crippen LogP contribution < -0.4 is 0 Å². The number of carboxylic acid groups (broad SMARTS) is 1. The molecule has 2 fully saturated rings. The fourth-order valence-electron chi connectivity index (χ4n) is 3.95. The summed E-state index contributed by atoms with van der Waals surface area (Å²) in [5, 5.41) is 8.89. The molecule has 0 aromatic carbocycles. The highest BCUT2D eigenvalue weighted by molar-refractivity contribution is 5.67. The Morgan fingerprint density at radius 1 is 1.28 bits per heavy atom. The Morgan fingerprint density at radius 2 is 2.00 bits per heavy atom. The summed E-state index contributed by atoms with van der Waals surface area (Å²) < 4.78 is 0. The molecule has 0 bridgehead atoms. The Bertz CT molecular complexity index is 290. The molecule has 2 rings (SSSR count). The van der Waals surface area contributed by atoms with E-state index >= 15 is 0 Å². The van der Waals surface area contributed by atoms with Crippen LogP contribution in [0.4, 0.5) is 0 Å². The average molecular weight is 253 g/mol. The minimum atomic E-state index is -0.633. The Morgan fingerprint density at radius 3 is 2.67 bits per heavy atom. The Kier molecular flexibility index (Phi) is 4.66. The number of nitrogens with zero attached hydrogens (tertiary/aromatic N) is 1. The molecule has 0 amide bonds. The van der Waals surface area contributed by atoms with E-state index in [9.17, 15) is 4.79 Å². The first-order valence-corrected chi connectivity index (χ1v) is 7.53. The molecule has 1 heterocycles. The maximum atomic E-state index is 10.8. The topological polar surface area (TPSA) is 40.5 Å². The van der Waals surface area contributed by atoms with Gasteiger partial charge >= 0.3 is 5.97 Å². The van der Waals surface area contributed by atoms with Crippen LogP contribution in [0.3, 0.4) is 0 Å². The van der Waals surface area contributed by atoms with Gasteiger partial charge in [0.15, 0.2) is 0 Å². The number of hydrogen-bond acceptors (Lipinski definition) is 2. The van der Waals surface area contributed by atoms with Crippen molar-refractivity contribution < 1.29 is 9.90 Å². The molecule has 104 valence electrons. The number of aliphatic carboxylic acids is 1. The molecule has 1 saturated heterocycles. The van der Waals surface area contributed by atoms with Crippen molar-refractivity contribution in [2.75, 3.05) is 13.1 Å². The Hall–Kier alpha value is -0.570. The maximum absolute atomic E-state index is 10.8. The first kappa shape index (κ1) is 13.9. The smallest absolute Gasteiger partial charge is 0.303 e. The molecule has 18 heavy (non-hydrogen) atoms. The zero-order valence-electron chi connectivity index (χ0n) is 11.8. The van der Waals surface area contributed by atoms with Crippen molar-refractivity contribution in [3.05, 3.63) is 0 Å². The summed E-state index contributed by atoms with van der Waals surface area (Å²) in [5.74, 6) is 1.33. The van der Waals surface area contributed by atoms with E-state index in [1.165, 1.54) is 25.7 Å². The molecule has 3 heteroatoms. The molecule has 0 aromatic rings. The highest BCUT2D eigenvalue weighted by Gasteiger charge is 2.36. The summed E-state index contributed by atoms with van der Waals surface area (Å²) in [4.78, 5) is 13.4. The lowest BCUT2D eigenvalue weighted by Crippen LogP contribution is -2.43. The highest BCUT2D eigenvalue weighted by atomic mass is 16.4.